The van der Waals surface area contributed by atoms with Crippen LogP contribution in [0.5, 0.6) is 0 Å². The number of aryl methyl sites for hydroxylation is 2. The summed E-state index contributed by atoms with van der Waals surface area (Å²) < 4.78 is 3.60. The molecule has 2 saturated carbocycles. The molecule has 2 atom stereocenters. The number of rotatable bonds is 9. The van der Waals surface area contributed by atoms with Crippen molar-refractivity contribution in [3.05, 3.63) is 107 Å². The Labute approximate surface area is 306 Å². The van der Waals surface area contributed by atoms with E-state index in [4.69, 9.17) is 11.0 Å². The van der Waals surface area contributed by atoms with Gasteiger partial charge in [0, 0.05) is 41.2 Å². The van der Waals surface area contributed by atoms with Crippen molar-refractivity contribution in [3.8, 4) is 28.8 Å². The van der Waals surface area contributed by atoms with E-state index in [0.717, 1.165) is 11.4 Å². The van der Waals surface area contributed by atoms with Gasteiger partial charge < -0.3 is 16.4 Å². The fourth-order valence-corrected chi connectivity index (χ4v) is 6.41. The van der Waals surface area contributed by atoms with Crippen LogP contribution < -0.4 is 16.4 Å². The first-order valence-corrected chi connectivity index (χ1v) is 17.7. The van der Waals surface area contributed by atoms with Gasteiger partial charge in [-0.2, -0.15) is 5.26 Å². The molecule has 0 aliphatic heterocycles. The molecule has 0 radical (unpaired) electrons. The van der Waals surface area contributed by atoms with Crippen LogP contribution in [0.15, 0.2) is 73.1 Å². The van der Waals surface area contributed by atoms with E-state index in [1.807, 2.05) is 50.4 Å². The van der Waals surface area contributed by atoms with Crippen molar-refractivity contribution in [2.45, 2.75) is 65.5 Å². The zero-order chi connectivity index (χ0) is 37.4. The summed E-state index contributed by atoms with van der Waals surface area (Å²) in [6.45, 7) is 7.81. The monoisotopic (exact) mass is 708 g/mol. The van der Waals surface area contributed by atoms with E-state index in [1.54, 1.807) is 59.1 Å². The average Bonchev–Trinajstić information content (AvgIpc) is 4.09. The Balaban J connectivity index is 0.000000164. The summed E-state index contributed by atoms with van der Waals surface area (Å²) >= 11 is 0. The lowest BCUT2D eigenvalue weighted by Crippen LogP contribution is -2.34. The Morgan fingerprint density at radius 3 is 1.66 bits per heavy atom. The number of hydrogen-bond donors (Lipinski definition) is 3. The van der Waals surface area contributed by atoms with Gasteiger partial charge >= 0.3 is 0 Å². The van der Waals surface area contributed by atoms with Crippen molar-refractivity contribution in [3.63, 3.8) is 0 Å². The summed E-state index contributed by atoms with van der Waals surface area (Å²) in [5.74, 6) is 2.82. The number of carbonyl (C=O) groups is 3. The van der Waals surface area contributed by atoms with E-state index in [1.165, 1.54) is 25.7 Å². The van der Waals surface area contributed by atoms with Gasteiger partial charge in [-0.25, -0.2) is 19.9 Å². The minimum Gasteiger partial charge on any atom is -0.366 e. The number of carbonyl (C=O) groups excluding carboxylic acids is 3. The molecule has 2 aromatic carbocycles. The van der Waals surface area contributed by atoms with E-state index < -0.39 is 5.91 Å². The number of primary amides is 1. The Hall–Kier alpha value is -6.42. The molecule has 268 valence electrons. The average molecular weight is 709 g/mol. The van der Waals surface area contributed by atoms with Crippen LogP contribution in [0.25, 0.3) is 34.1 Å². The Kier molecular flexibility index (Phi) is 9.45. The molecule has 2 unspecified atom stereocenters. The van der Waals surface area contributed by atoms with Gasteiger partial charge in [0.25, 0.3) is 11.8 Å². The SMILES string of the molecule is Cc1nc(-c2cccc(C#N)c2)nc2c(C(=O)NC(C)C3CC3)ccn12.Cc1nc(-c2cccc(C(N)=O)c2)nc2c(C(=O)NC(C)C3CC3)ccn12. The highest BCUT2D eigenvalue weighted by Gasteiger charge is 2.31. The van der Waals surface area contributed by atoms with E-state index >= 15 is 0 Å². The van der Waals surface area contributed by atoms with E-state index in [0.29, 0.717) is 68.4 Å². The van der Waals surface area contributed by atoms with Crippen LogP contribution in [0.2, 0.25) is 0 Å². The molecule has 2 fully saturated rings. The van der Waals surface area contributed by atoms with Crippen molar-refractivity contribution in [2.24, 2.45) is 17.6 Å². The maximum atomic E-state index is 12.7. The molecule has 2 aliphatic carbocycles. The molecule has 13 nitrogen and oxygen atoms in total. The highest BCUT2D eigenvalue weighted by atomic mass is 16.2. The number of amides is 3. The number of hydrogen-bond acceptors (Lipinski definition) is 8. The van der Waals surface area contributed by atoms with Crippen LogP contribution in [0.1, 0.15) is 87.8 Å². The topological polar surface area (TPSA) is 185 Å². The highest BCUT2D eigenvalue weighted by Crippen LogP contribution is 2.33. The van der Waals surface area contributed by atoms with Crippen molar-refractivity contribution >= 4 is 29.0 Å². The summed E-state index contributed by atoms with van der Waals surface area (Å²) in [4.78, 5) is 55.1. The minimum atomic E-state index is -0.508. The summed E-state index contributed by atoms with van der Waals surface area (Å²) in [6, 6.07) is 20.0. The number of nitrogens with one attached hydrogen (secondary N) is 2. The molecule has 8 rings (SSSR count). The van der Waals surface area contributed by atoms with Gasteiger partial charge in [0.05, 0.1) is 22.8 Å². The van der Waals surface area contributed by atoms with Crippen LogP contribution in [0.4, 0.5) is 0 Å². The predicted molar refractivity (Wildman–Crippen MR) is 199 cm³/mol. The quantitative estimate of drug-likeness (QED) is 0.177. The summed E-state index contributed by atoms with van der Waals surface area (Å²) in [7, 11) is 0. The van der Waals surface area contributed by atoms with Gasteiger partial charge in [-0.05, 0) is 102 Å². The first-order valence-electron chi connectivity index (χ1n) is 17.7. The first kappa shape index (κ1) is 35.0. The normalized spacial score (nSPS) is 14.8. The zero-order valence-corrected chi connectivity index (χ0v) is 30.0. The molecule has 0 saturated heterocycles. The van der Waals surface area contributed by atoms with Crippen LogP contribution in [-0.4, -0.2) is 58.5 Å². The smallest absolute Gasteiger partial charge is 0.255 e. The molecule has 4 heterocycles. The molecule has 4 aromatic heterocycles. The molecule has 4 N–H and O–H groups in total. The molecule has 2 aliphatic rings. The standard InChI is InChI=1S/C20H21N5O2.C20H19N5O/c1-11(13-6-7-13)22-20(27)16-8-9-25-12(2)23-18(24-19(16)25)15-5-3-4-14(10-15)17(21)26;1-12(15-6-7-15)22-20(26)17-8-9-25-13(2)23-18(24-19(17)25)16-5-3-4-14(10-16)11-21/h3-5,8-11,13H,6-7H2,1-2H3,(H2,21,26)(H,22,27);3-5,8-10,12,15H,6-7H2,1-2H3,(H,22,26). The Morgan fingerprint density at radius 2 is 1.21 bits per heavy atom. The fraction of sp³-hybridized carbons (Fsp3) is 0.300. The van der Waals surface area contributed by atoms with Crippen molar-refractivity contribution < 1.29 is 14.4 Å². The van der Waals surface area contributed by atoms with Gasteiger partial charge in [-0.15, -0.1) is 0 Å². The molecule has 6 aromatic rings. The van der Waals surface area contributed by atoms with Gasteiger partial charge in [-0.1, -0.05) is 24.3 Å². The van der Waals surface area contributed by atoms with Gasteiger partial charge in [-0.3, -0.25) is 23.2 Å². The first-order chi connectivity index (χ1) is 25.5. The van der Waals surface area contributed by atoms with Gasteiger partial charge in [0.1, 0.15) is 11.6 Å². The summed E-state index contributed by atoms with van der Waals surface area (Å²) in [5, 5.41) is 15.2. The largest absolute Gasteiger partial charge is 0.366 e. The molecular weight excluding hydrogens is 669 g/mol. The molecule has 0 bridgehead atoms. The number of nitrogens with two attached hydrogens (primary N) is 1. The third kappa shape index (κ3) is 7.48. The Bertz CT molecular complexity index is 2430. The van der Waals surface area contributed by atoms with Gasteiger partial charge in [0.15, 0.2) is 22.9 Å². The fourth-order valence-electron chi connectivity index (χ4n) is 6.41. The zero-order valence-electron chi connectivity index (χ0n) is 30.0. The summed E-state index contributed by atoms with van der Waals surface area (Å²) in [5.41, 5.74) is 9.92. The van der Waals surface area contributed by atoms with E-state index in [2.05, 4.69) is 36.6 Å². The lowest BCUT2D eigenvalue weighted by molar-refractivity contribution is 0.0929. The lowest BCUT2D eigenvalue weighted by atomic mass is 10.1. The highest BCUT2D eigenvalue weighted by molar-refractivity contribution is 6.01. The molecular formula is C40H40N10O3. The maximum Gasteiger partial charge on any atom is 0.255 e. The lowest BCUT2D eigenvalue weighted by Gasteiger charge is -2.12. The second-order valence-corrected chi connectivity index (χ2v) is 13.9. The molecule has 3 amide bonds. The van der Waals surface area contributed by atoms with Crippen molar-refractivity contribution in [2.75, 3.05) is 0 Å². The third-order valence-electron chi connectivity index (χ3n) is 9.90. The predicted octanol–water partition coefficient (Wildman–Crippen LogP) is 5.44. The van der Waals surface area contributed by atoms with E-state index in [9.17, 15) is 14.4 Å². The van der Waals surface area contributed by atoms with Crippen LogP contribution in [0.3, 0.4) is 0 Å². The number of nitrogens with zero attached hydrogens (tertiary/aromatic N) is 7. The van der Waals surface area contributed by atoms with Crippen molar-refractivity contribution in [1.82, 2.24) is 39.4 Å². The van der Waals surface area contributed by atoms with Crippen LogP contribution in [0, 0.1) is 37.0 Å². The van der Waals surface area contributed by atoms with E-state index in [-0.39, 0.29) is 23.9 Å². The summed E-state index contributed by atoms with van der Waals surface area (Å²) in [6.07, 6.45) is 8.30. The number of aromatic nitrogens is 6. The second-order valence-electron chi connectivity index (χ2n) is 13.9. The molecule has 53 heavy (non-hydrogen) atoms. The minimum absolute atomic E-state index is 0.110. The third-order valence-corrected chi connectivity index (χ3v) is 9.90. The second kappa shape index (κ2) is 14.3. The van der Waals surface area contributed by atoms with Gasteiger partial charge in [0.2, 0.25) is 5.91 Å². The number of fused-ring (bicyclic) bond motifs is 2. The number of benzene rings is 2. The Morgan fingerprint density at radius 1 is 0.736 bits per heavy atom. The number of nitriles is 1. The molecule has 0 spiro atoms. The molecule has 13 heteroatoms. The maximum absolute atomic E-state index is 12.7. The van der Waals surface area contributed by atoms with Crippen LogP contribution in [-0.2, 0) is 0 Å². The van der Waals surface area contributed by atoms with Crippen molar-refractivity contribution in [1.29, 1.82) is 5.26 Å². The van der Waals surface area contributed by atoms with Crippen LogP contribution >= 0.6 is 0 Å².